The van der Waals surface area contributed by atoms with Crippen LogP contribution in [0.25, 0.3) is 0 Å². The van der Waals surface area contributed by atoms with E-state index in [1.165, 1.54) is 24.3 Å². The molecule has 162 valence electrons. The van der Waals surface area contributed by atoms with Gasteiger partial charge < -0.3 is 10.1 Å². The Morgan fingerprint density at radius 1 is 1.03 bits per heavy atom. The smallest absolute Gasteiger partial charge is 0.261 e. The second kappa shape index (κ2) is 10.1. The Bertz CT molecular complexity index is 968. The van der Waals surface area contributed by atoms with Crippen molar-refractivity contribution in [3.63, 3.8) is 0 Å². The van der Waals surface area contributed by atoms with E-state index in [4.69, 9.17) is 4.74 Å². The van der Waals surface area contributed by atoms with Gasteiger partial charge in [-0.25, -0.2) is 8.42 Å². The van der Waals surface area contributed by atoms with Crippen LogP contribution in [-0.4, -0.2) is 58.6 Å². The van der Waals surface area contributed by atoms with Gasteiger partial charge in [0.1, 0.15) is 0 Å². The van der Waals surface area contributed by atoms with Crippen LogP contribution in [0.3, 0.4) is 0 Å². The number of nitrogens with zero attached hydrogens (tertiary/aromatic N) is 1. The maximum atomic E-state index is 12.6. The van der Waals surface area contributed by atoms with Gasteiger partial charge in [-0.05, 0) is 74.3 Å². The Morgan fingerprint density at radius 3 is 2.40 bits per heavy atom. The van der Waals surface area contributed by atoms with E-state index in [-0.39, 0.29) is 10.8 Å². The molecule has 0 spiro atoms. The van der Waals surface area contributed by atoms with E-state index < -0.39 is 10.0 Å². The number of carbonyl (C=O) groups is 1. The molecule has 1 aliphatic rings. The van der Waals surface area contributed by atoms with Gasteiger partial charge >= 0.3 is 0 Å². The van der Waals surface area contributed by atoms with E-state index in [9.17, 15) is 13.2 Å². The van der Waals surface area contributed by atoms with Crippen LogP contribution in [-0.2, 0) is 14.8 Å². The Morgan fingerprint density at radius 2 is 1.73 bits per heavy atom. The molecule has 8 heteroatoms. The fourth-order valence-corrected chi connectivity index (χ4v) is 4.29. The molecule has 1 fully saturated rings. The van der Waals surface area contributed by atoms with E-state index >= 15 is 0 Å². The van der Waals surface area contributed by atoms with Crippen molar-refractivity contribution in [3.05, 3.63) is 59.2 Å². The fourth-order valence-electron chi connectivity index (χ4n) is 3.24. The number of benzene rings is 2. The summed E-state index contributed by atoms with van der Waals surface area (Å²) < 4.78 is 33.1. The molecular weight excluding hydrogens is 402 g/mol. The highest BCUT2D eigenvalue weighted by Gasteiger charge is 2.16. The Labute approximate surface area is 178 Å². The summed E-state index contributed by atoms with van der Waals surface area (Å²) in [4.78, 5) is 14.7. The highest BCUT2D eigenvalue weighted by molar-refractivity contribution is 7.92. The Balaban J connectivity index is 1.52. The van der Waals surface area contributed by atoms with Crippen molar-refractivity contribution in [2.75, 3.05) is 44.1 Å². The topological polar surface area (TPSA) is 87.7 Å². The molecule has 1 saturated heterocycles. The summed E-state index contributed by atoms with van der Waals surface area (Å²) >= 11 is 0. The summed E-state index contributed by atoms with van der Waals surface area (Å²) in [5.74, 6) is -0.206. The van der Waals surface area contributed by atoms with Crippen LogP contribution in [0.5, 0.6) is 0 Å². The number of morpholine rings is 1. The van der Waals surface area contributed by atoms with E-state index in [1.54, 1.807) is 12.1 Å². The van der Waals surface area contributed by atoms with E-state index in [2.05, 4.69) is 14.9 Å². The maximum absolute atomic E-state index is 12.6. The third kappa shape index (κ3) is 6.04. The lowest BCUT2D eigenvalue weighted by molar-refractivity contribution is 0.0374. The number of ether oxygens (including phenoxy) is 1. The average Bonchev–Trinajstić information content (AvgIpc) is 2.74. The minimum atomic E-state index is -3.72. The summed E-state index contributed by atoms with van der Waals surface area (Å²) in [6.07, 6.45) is 0.859. The van der Waals surface area contributed by atoms with Gasteiger partial charge in [-0.15, -0.1) is 0 Å². The second-order valence-corrected chi connectivity index (χ2v) is 9.17. The van der Waals surface area contributed by atoms with Crippen molar-refractivity contribution in [3.8, 4) is 0 Å². The normalized spacial score (nSPS) is 15.0. The molecule has 1 heterocycles. The fraction of sp³-hybridized carbons (Fsp3) is 0.409. The largest absolute Gasteiger partial charge is 0.379 e. The minimum absolute atomic E-state index is 0.115. The molecule has 7 nitrogen and oxygen atoms in total. The molecule has 3 rings (SSSR count). The van der Waals surface area contributed by atoms with Crippen LogP contribution in [0.1, 0.15) is 27.9 Å². The first-order chi connectivity index (χ1) is 14.3. The van der Waals surface area contributed by atoms with Crippen molar-refractivity contribution in [2.24, 2.45) is 0 Å². The minimum Gasteiger partial charge on any atom is -0.379 e. The summed E-state index contributed by atoms with van der Waals surface area (Å²) in [5.41, 5.74) is 3.06. The first-order valence-electron chi connectivity index (χ1n) is 10.1. The molecular formula is C22H29N3O4S. The predicted molar refractivity (Wildman–Crippen MR) is 117 cm³/mol. The van der Waals surface area contributed by atoms with Crippen LogP contribution >= 0.6 is 0 Å². The van der Waals surface area contributed by atoms with Crippen molar-refractivity contribution in [2.45, 2.75) is 25.2 Å². The lowest BCUT2D eigenvalue weighted by Crippen LogP contribution is -2.38. The zero-order chi connectivity index (χ0) is 21.6. The van der Waals surface area contributed by atoms with Gasteiger partial charge in [0.25, 0.3) is 15.9 Å². The van der Waals surface area contributed by atoms with Crippen molar-refractivity contribution < 1.29 is 17.9 Å². The number of nitrogens with one attached hydrogen (secondary N) is 2. The first-order valence-corrected chi connectivity index (χ1v) is 11.6. The molecule has 0 radical (unpaired) electrons. The first kappa shape index (κ1) is 22.3. The number of rotatable bonds is 8. The van der Waals surface area contributed by atoms with E-state index in [0.717, 1.165) is 50.4 Å². The number of amides is 1. The predicted octanol–water partition coefficient (Wildman–Crippen LogP) is 2.56. The third-order valence-electron chi connectivity index (χ3n) is 5.23. The average molecular weight is 432 g/mol. The van der Waals surface area contributed by atoms with Crippen LogP contribution in [0.15, 0.2) is 47.4 Å². The van der Waals surface area contributed by atoms with Crippen LogP contribution < -0.4 is 10.0 Å². The highest BCUT2D eigenvalue weighted by atomic mass is 32.2. The zero-order valence-corrected chi connectivity index (χ0v) is 18.3. The van der Waals surface area contributed by atoms with Gasteiger partial charge in [-0.2, -0.15) is 0 Å². The summed E-state index contributed by atoms with van der Waals surface area (Å²) in [5, 5.41) is 2.89. The molecule has 2 N–H and O–H groups in total. The monoisotopic (exact) mass is 431 g/mol. The van der Waals surface area contributed by atoms with Crippen LogP contribution in [0.2, 0.25) is 0 Å². The molecule has 1 aliphatic heterocycles. The number of anilines is 1. The molecule has 0 unspecified atom stereocenters. The third-order valence-corrected chi connectivity index (χ3v) is 6.62. The number of sulfonamides is 1. The van der Waals surface area contributed by atoms with Gasteiger partial charge in [-0.3, -0.25) is 14.4 Å². The molecule has 1 amide bonds. The van der Waals surface area contributed by atoms with Gasteiger partial charge in [-0.1, -0.05) is 6.07 Å². The van der Waals surface area contributed by atoms with Crippen molar-refractivity contribution >= 4 is 21.6 Å². The van der Waals surface area contributed by atoms with Crippen molar-refractivity contribution in [1.82, 2.24) is 10.2 Å². The Hall–Kier alpha value is -2.42. The zero-order valence-electron chi connectivity index (χ0n) is 17.5. The summed E-state index contributed by atoms with van der Waals surface area (Å²) in [6, 6.07) is 11.4. The van der Waals surface area contributed by atoms with Crippen LogP contribution in [0.4, 0.5) is 5.69 Å². The van der Waals surface area contributed by atoms with Gasteiger partial charge in [0.2, 0.25) is 0 Å². The van der Waals surface area contributed by atoms with Crippen molar-refractivity contribution in [1.29, 1.82) is 0 Å². The number of hydrogen-bond donors (Lipinski definition) is 2. The highest BCUT2D eigenvalue weighted by Crippen LogP contribution is 2.19. The lowest BCUT2D eigenvalue weighted by atomic mass is 10.1. The van der Waals surface area contributed by atoms with E-state index in [1.807, 2.05) is 19.9 Å². The molecule has 2 aromatic rings. The molecule has 0 atom stereocenters. The number of aryl methyl sites for hydroxylation is 2. The van der Waals surface area contributed by atoms with E-state index in [0.29, 0.717) is 17.8 Å². The SMILES string of the molecule is Cc1ccc(NS(=O)(=O)c2ccc(C(=O)NCCCN3CCOCC3)cc2)cc1C. The number of carbonyl (C=O) groups excluding carboxylic acids is 1. The lowest BCUT2D eigenvalue weighted by Gasteiger charge is -2.26. The molecule has 0 aliphatic carbocycles. The molecule has 2 aromatic carbocycles. The maximum Gasteiger partial charge on any atom is 0.261 e. The van der Waals surface area contributed by atoms with Crippen LogP contribution in [0, 0.1) is 13.8 Å². The van der Waals surface area contributed by atoms with Gasteiger partial charge in [0.15, 0.2) is 0 Å². The quantitative estimate of drug-likeness (QED) is 0.627. The summed E-state index contributed by atoms with van der Waals surface area (Å²) in [6.45, 7) is 8.79. The van der Waals surface area contributed by atoms with Gasteiger partial charge in [0, 0.05) is 30.9 Å². The summed E-state index contributed by atoms with van der Waals surface area (Å²) in [7, 11) is -3.72. The molecule has 30 heavy (non-hydrogen) atoms. The molecule has 0 bridgehead atoms. The molecule has 0 aromatic heterocycles. The van der Waals surface area contributed by atoms with Gasteiger partial charge in [0.05, 0.1) is 18.1 Å². The molecule has 0 saturated carbocycles. The number of hydrogen-bond acceptors (Lipinski definition) is 5. The second-order valence-electron chi connectivity index (χ2n) is 7.49. The Kier molecular flexibility index (Phi) is 7.47. The standard InChI is InChI=1S/C22H29N3O4S/c1-17-4-7-20(16-18(17)2)24-30(27,28)21-8-5-19(6-9-21)22(26)23-10-3-11-25-12-14-29-15-13-25/h4-9,16,24H,3,10-15H2,1-2H3,(H,23,26).